The molecule has 0 aliphatic heterocycles. The minimum Gasteiger partial charge on any atom is -0.466 e. The molecule has 0 fully saturated rings. The van der Waals surface area contributed by atoms with E-state index in [0.29, 0.717) is 19.4 Å². The van der Waals surface area contributed by atoms with Gasteiger partial charge in [0.15, 0.2) is 0 Å². The van der Waals surface area contributed by atoms with E-state index in [9.17, 15) is 19.8 Å². The summed E-state index contributed by atoms with van der Waals surface area (Å²) in [6, 6.07) is -0.633. The van der Waals surface area contributed by atoms with Crippen LogP contribution in [0.25, 0.3) is 0 Å². The van der Waals surface area contributed by atoms with Gasteiger partial charge in [0, 0.05) is 12.8 Å². The van der Waals surface area contributed by atoms with Gasteiger partial charge in [-0.1, -0.05) is 334 Å². The molecule has 0 saturated carbocycles. The molecule has 0 spiro atoms. The van der Waals surface area contributed by atoms with E-state index in [1.54, 1.807) is 6.08 Å². The molecular weight excluding hydrogens is 923 g/mol. The Labute approximate surface area is 469 Å². The maximum atomic E-state index is 12.5. The summed E-state index contributed by atoms with van der Waals surface area (Å²) in [5.74, 6) is -0.0574. The lowest BCUT2D eigenvalue weighted by Crippen LogP contribution is -2.45. The molecule has 6 nitrogen and oxygen atoms in total. The first-order valence-corrected chi connectivity index (χ1v) is 34.1. The van der Waals surface area contributed by atoms with Crippen molar-refractivity contribution < 1.29 is 24.5 Å². The van der Waals surface area contributed by atoms with E-state index in [2.05, 4.69) is 31.3 Å². The lowest BCUT2D eigenvalue weighted by atomic mass is 10.0. The van der Waals surface area contributed by atoms with Crippen LogP contribution >= 0.6 is 0 Å². The first kappa shape index (κ1) is 73.3. The zero-order valence-corrected chi connectivity index (χ0v) is 50.8. The minimum absolute atomic E-state index is 0.0145. The smallest absolute Gasteiger partial charge is 0.305 e. The second-order valence-corrected chi connectivity index (χ2v) is 23.5. The fourth-order valence-electron chi connectivity index (χ4n) is 10.7. The normalized spacial score (nSPS) is 12.6. The van der Waals surface area contributed by atoms with E-state index in [1.165, 1.54) is 308 Å². The van der Waals surface area contributed by atoms with Crippen LogP contribution in [-0.2, 0) is 14.3 Å². The molecule has 0 radical (unpaired) electrons. The number of unbranched alkanes of at least 4 members (excludes halogenated alkanes) is 51. The molecular formula is C69H133NO5. The molecule has 0 aromatic heterocycles. The van der Waals surface area contributed by atoms with Crippen molar-refractivity contribution in [3.8, 4) is 0 Å². The van der Waals surface area contributed by atoms with Crippen molar-refractivity contribution in [2.75, 3.05) is 13.2 Å². The van der Waals surface area contributed by atoms with E-state index in [1.807, 2.05) is 6.08 Å². The average Bonchev–Trinajstić information content (AvgIpc) is 3.41. The van der Waals surface area contributed by atoms with Crippen LogP contribution in [0.5, 0.6) is 0 Å². The van der Waals surface area contributed by atoms with Crippen molar-refractivity contribution in [3.63, 3.8) is 0 Å². The molecule has 0 heterocycles. The van der Waals surface area contributed by atoms with Gasteiger partial charge in [0.05, 0.1) is 25.4 Å². The van der Waals surface area contributed by atoms with E-state index in [0.717, 1.165) is 44.9 Å². The summed E-state index contributed by atoms with van der Waals surface area (Å²) in [5, 5.41) is 23.2. The van der Waals surface area contributed by atoms with Gasteiger partial charge in [0.25, 0.3) is 0 Å². The van der Waals surface area contributed by atoms with Gasteiger partial charge in [0.2, 0.25) is 5.91 Å². The Hall–Kier alpha value is -1.66. The van der Waals surface area contributed by atoms with Gasteiger partial charge in [-0.3, -0.25) is 9.59 Å². The number of amides is 1. The standard InChI is InChI=1S/C69H133NO5/c1-3-5-7-9-11-13-15-17-19-21-29-33-37-41-45-49-53-57-61-67(72)66(65-71)70-68(73)62-58-54-50-46-42-38-34-30-27-25-23-24-26-28-32-36-40-44-48-52-56-60-64-75-69(74)63-59-55-51-47-43-39-35-31-22-20-18-16-14-12-10-8-6-4-2/h25,27,57,61,66-67,71-72H,3-24,26,28-56,58-60,62-65H2,1-2H3,(H,70,73)/b27-25-,61-57+. The fraction of sp³-hybridized carbons (Fsp3) is 0.913. The molecule has 0 aromatic rings. The number of nitrogens with one attached hydrogen (secondary N) is 1. The third-order valence-corrected chi connectivity index (χ3v) is 16.0. The SMILES string of the molecule is CCCCCCCCCCCCCCCCCC/C=C/C(O)C(CO)NC(=O)CCCCCCCCC/C=C\CCCCCCCCCCCCCOC(=O)CCCCCCCCCCCCCCCCCCCC. The van der Waals surface area contributed by atoms with E-state index in [4.69, 9.17) is 4.74 Å². The molecule has 3 N–H and O–H groups in total. The maximum absolute atomic E-state index is 12.5. The Balaban J connectivity index is 3.42. The third-order valence-electron chi connectivity index (χ3n) is 16.0. The fourth-order valence-corrected chi connectivity index (χ4v) is 10.7. The first-order chi connectivity index (χ1) is 37.0. The van der Waals surface area contributed by atoms with Gasteiger partial charge in [0.1, 0.15) is 0 Å². The average molecular weight is 1060 g/mol. The van der Waals surface area contributed by atoms with Crippen LogP contribution in [-0.4, -0.2) is 47.4 Å². The minimum atomic E-state index is -0.849. The van der Waals surface area contributed by atoms with Crippen LogP contribution in [0.1, 0.15) is 380 Å². The Kier molecular flexibility index (Phi) is 63.4. The summed E-state index contributed by atoms with van der Waals surface area (Å²) in [5.41, 5.74) is 0. The molecule has 0 aromatic carbocycles. The van der Waals surface area contributed by atoms with Gasteiger partial charge in [-0.05, 0) is 57.8 Å². The first-order valence-electron chi connectivity index (χ1n) is 34.1. The largest absolute Gasteiger partial charge is 0.466 e. The lowest BCUT2D eigenvalue weighted by molar-refractivity contribution is -0.143. The van der Waals surface area contributed by atoms with Gasteiger partial charge < -0.3 is 20.3 Å². The van der Waals surface area contributed by atoms with Crippen LogP contribution in [0.15, 0.2) is 24.3 Å². The monoisotopic (exact) mass is 1060 g/mol. The van der Waals surface area contributed by atoms with Crippen molar-refractivity contribution in [3.05, 3.63) is 24.3 Å². The quantitative estimate of drug-likeness (QED) is 0.0320. The van der Waals surface area contributed by atoms with E-state index in [-0.39, 0.29) is 18.5 Å². The molecule has 2 atom stereocenters. The Morgan fingerprint density at radius 2 is 0.627 bits per heavy atom. The number of aliphatic hydroxyl groups excluding tert-OH is 2. The predicted molar refractivity (Wildman–Crippen MR) is 329 cm³/mol. The molecule has 0 aliphatic rings. The second-order valence-electron chi connectivity index (χ2n) is 23.5. The maximum Gasteiger partial charge on any atom is 0.305 e. The van der Waals surface area contributed by atoms with Crippen molar-refractivity contribution in [1.82, 2.24) is 5.32 Å². The van der Waals surface area contributed by atoms with Gasteiger partial charge in [-0.25, -0.2) is 0 Å². The molecule has 75 heavy (non-hydrogen) atoms. The van der Waals surface area contributed by atoms with E-state index >= 15 is 0 Å². The summed E-state index contributed by atoms with van der Waals surface area (Å²) in [4.78, 5) is 24.6. The van der Waals surface area contributed by atoms with Crippen LogP contribution in [0, 0.1) is 0 Å². The highest BCUT2D eigenvalue weighted by Crippen LogP contribution is 2.18. The van der Waals surface area contributed by atoms with Gasteiger partial charge in [-0.2, -0.15) is 0 Å². The Bertz CT molecular complexity index is 1170. The number of rotatable bonds is 64. The Morgan fingerprint density at radius 1 is 0.360 bits per heavy atom. The highest BCUT2D eigenvalue weighted by atomic mass is 16.5. The zero-order chi connectivity index (χ0) is 54.3. The Morgan fingerprint density at radius 3 is 0.947 bits per heavy atom. The number of ether oxygens (including phenoxy) is 1. The molecule has 0 aliphatic carbocycles. The van der Waals surface area contributed by atoms with Crippen LogP contribution < -0.4 is 5.32 Å². The van der Waals surface area contributed by atoms with E-state index < -0.39 is 12.1 Å². The van der Waals surface area contributed by atoms with Gasteiger partial charge >= 0.3 is 5.97 Å². The van der Waals surface area contributed by atoms with Crippen LogP contribution in [0.3, 0.4) is 0 Å². The zero-order valence-electron chi connectivity index (χ0n) is 50.8. The number of hydrogen-bond acceptors (Lipinski definition) is 5. The van der Waals surface area contributed by atoms with Crippen molar-refractivity contribution >= 4 is 11.9 Å². The molecule has 6 heteroatoms. The third kappa shape index (κ3) is 61.4. The summed E-state index contributed by atoms with van der Waals surface area (Å²) in [6.07, 6.45) is 81.0. The molecule has 2 unspecified atom stereocenters. The highest BCUT2D eigenvalue weighted by molar-refractivity contribution is 5.76. The molecule has 0 saturated heterocycles. The number of carbonyl (C=O) groups is 2. The van der Waals surface area contributed by atoms with Crippen molar-refractivity contribution in [1.29, 1.82) is 0 Å². The number of esters is 1. The number of carbonyl (C=O) groups excluding carboxylic acids is 2. The molecule has 0 rings (SSSR count). The molecule has 1 amide bonds. The summed E-state index contributed by atoms with van der Waals surface area (Å²) >= 11 is 0. The summed E-state index contributed by atoms with van der Waals surface area (Å²) in [6.45, 7) is 4.94. The number of allylic oxidation sites excluding steroid dienone is 3. The highest BCUT2D eigenvalue weighted by Gasteiger charge is 2.18. The van der Waals surface area contributed by atoms with Crippen LogP contribution in [0.2, 0.25) is 0 Å². The van der Waals surface area contributed by atoms with Crippen LogP contribution in [0.4, 0.5) is 0 Å². The van der Waals surface area contributed by atoms with Gasteiger partial charge in [-0.15, -0.1) is 0 Å². The van der Waals surface area contributed by atoms with Crippen molar-refractivity contribution in [2.45, 2.75) is 392 Å². The molecule has 444 valence electrons. The number of hydrogen-bond donors (Lipinski definition) is 3. The number of aliphatic hydroxyl groups is 2. The lowest BCUT2D eigenvalue weighted by Gasteiger charge is -2.20. The topological polar surface area (TPSA) is 95.9 Å². The second kappa shape index (κ2) is 64.9. The predicted octanol–water partition coefficient (Wildman–Crippen LogP) is 21.8. The summed E-state index contributed by atoms with van der Waals surface area (Å²) < 4.78 is 5.50. The van der Waals surface area contributed by atoms with Crippen molar-refractivity contribution in [2.24, 2.45) is 0 Å². The summed E-state index contributed by atoms with van der Waals surface area (Å²) in [7, 11) is 0. The molecule has 0 bridgehead atoms.